The van der Waals surface area contributed by atoms with Crippen LogP contribution in [0.25, 0.3) is 0 Å². The van der Waals surface area contributed by atoms with E-state index in [1.807, 2.05) is 0 Å². The van der Waals surface area contributed by atoms with Crippen molar-refractivity contribution in [2.24, 2.45) is 0 Å². The van der Waals surface area contributed by atoms with Crippen LogP contribution in [0.2, 0.25) is 0 Å². The zero-order chi connectivity index (χ0) is 14.4. The zero-order valence-electron chi connectivity index (χ0n) is 10.1. The van der Waals surface area contributed by atoms with Crippen molar-refractivity contribution in [3.8, 4) is 0 Å². The van der Waals surface area contributed by atoms with Gasteiger partial charge >= 0.3 is 5.97 Å². The first-order chi connectivity index (χ1) is 8.95. The Labute approximate surface area is 107 Å². The lowest BCUT2D eigenvalue weighted by molar-refractivity contribution is -0.384. The van der Waals surface area contributed by atoms with E-state index in [0.29, 0.717) is 12.1 Å². The topological polar surface area (TPSA) is 81.5 Å². The Bertz CT molecular complexity index is 494. The Kier molecular flexibility index (Phi) is 5.16. The highest BCUT2D eigenvalue weighted by Crippen LogP contribution is 2.26. The van der Waals surface area contributed by atoms with Gasteiger partial charge in [-0.3, -0.25) is 14.9 Å². The number of ether oxygens (including phenoxy) is 1. The lowest BCUT2D eigenvalue weighted by Crippen LogP contribution is -2.12. The van der Waals surface area contributed by atoms with Gasteiger partial charge in [-0.05, 0) is 6.92 Å². The minimum Gasteiger partial charge on any atom is -0.466 e. The second kappa shape index (κ2) is 6.62. The van der Waals surface area contributed by atoms with Crippen LogP contribution < -0.4 is 5.32 Å². The normalized spacial score (nSPS) is 10.1. The number of hydrogen-bond donors (Lipinski definition) is 1. The fourth-order valence-electron chi connectivity index (χ4n) is 1.36. The number of hydrogen-bond acceptors (Lipinski definition) is 5. The van der Waals surface area contributed by atoms with Gasteiger partial charge < -0.3 is 10.1 Å². The zero-order valence-corrected chi connectivity index (χ0v) is 10.1. The number of nitrogens with zero attached hydrogens (tertiary/aromatic N) is 1. The number of carbonyl (C=O) groups is 1. The summed E-state index contributed by atoms with van der Waals surface area (Å²) in [6.07, 6.45) is -0.0377. The van der Waals surface area contributed by atoms with Gasteiger partial charge in [0.15, 0.2) is 11.6 Å². The first-order valence-electron chi connectivity index (χ1n) is 5.48. The van der Waals surface area contributed by atoms with Gasteiger partial charge in [-0.15, -0.1) is 0 Å². The third-order valence-corrected chi connectivity index (χ3v) is 2.19. The fraction of sp³-hybridized carbons (Fsp3) is 0.364. The van der Waals surface area contributed by atoms with Crippen molar-refractivity contribution in [1.82, 2.24) is 0 Å². The molecule has 0 aromatic heterocycles. The van der Waals surface area contributed by atoms with Crippen molar-refractivity contribution in [2.45, 2.75) is 13.3 Å². The number of esters is 1. The molecule has 0 aliphatic heterocycles. The highest BCUT2D eigenvalue weighted by molar-refractivity contribution is 5.70. The van der Waals surface area contributed by atoms with Crippen LogP contribution in [0.3, 0.4) is 0 Å². The van der Waals surface area contributed by atoms with E-state index < -0.39 is 28.2 Å². The summed E-state index contributed by atoms with van der Waals surface area (Å²) in [6.45, 7) is 1.89. The highest BCUT2D eigenvalue weighted by atomic mass is 19.2. The van der Waals surface area contributed by atoms with Crippen LogP contribution in [0.4, 0.5) is 20.2 Å². The Morgan fingerprint density at radius 1 is 1.42 bits per heavy atom. The van der Waals surface area contributed by atoms with Crippen LogP contribution in [-0.4, -0.2) is 24.0 Å². The number of anilines is 1. The summed E-state index contributed by atoms with van der Waals surface area (Å²) >= 11 is 0. The number of halogens is 2. The van der Waals surface area contributed by atoms with Crippen molar-refractivity contribution < 1.29 is 23.2 Å². The number of benzene rings is 1. The molecule has 19 heavy (non-hydrogen) atoms. The maximum absolute atomic E-state index is 13.0. The van der Waals surface area contributed by atoms with Gasteiger partial charge in [0.2, 0.25) is 0 Å². The second-order valence-electron chi connectivity index (χ2n) is 3.52. The first kappa shape index (κ1) is 14.8. The van der Waals surface area contributed by atoms with E-state index in [-0.39, 0.29) is 25.3 Å². The molecule has 1 N–H and O–H groups in total. The summed E-state index contributed by atoms with van der Waals surface area (Å²) in [5.74, 6) is -2.99. The van der Waals surface area contributed by atoms with Gasteiger partial charge in [0.25, 0.3) is 5.69 Å². The predicted molar refractivity (Wildman–Crippen MR) is 62.8 cm³/mol. The van der Waals surface area contributed by atoms with Crippen molar-refractivity contribution in [3.05, 3.63) is 33.9 Å². The average Bonchev–Trinajstić information content (AvgIpc) is 2.33. The Balaban J connectivity index is 2.74. The summed E-state index contributed by atoms with van der Waals surface area (Å²) in [4.78, 5) is 20.9. The summed E-state index contributed by atoms with van der Waals surface area (Å²) in [5.41, 5.74) is -0.782. The van der Waals surface area contributed by atoms with Crippen molar-refractivity contribution in [3.63, 3.8) is 0 Å². The van der Waals surface area contributed by atoms with Crippen LogP contribution in [0.15, 0.2) is 12.1 Å². The van der Waals surface area contributed by atoms with E-state index in [9.17, 15) is 23.7 Å². The number of nitro benzene ring substituents is 1. The smallest absolute Gasteiger partial charge is 0.307 e. The van der Waals surface area contributed by atoms with Crippen LogP contribution in [0.1, 0.15) is 13.3 Å². The fourth-order valence-corrected chi connectivity index (χ4v) is 1.36. The molecule has 0 saturated carbocycles. The molecule has 0 heterocycles. The summed E-state index contributed by atoms with van der Waals surface area (Å²) in [7, 11) is 0. The molecule has 0 aliphatic rings. The molecule has 1 rings (SSSR count). The number of carbonyl (C=O) groups excluding carboxylic acids is 1. The molecule has 6 nitrogen and oxygen atoms in total. The summed E-state index contributed by atoms with van der Waals surface area (Å²) < 4.78 is 30.5. The van der Waals surface area contributed by atoms with Gasteiger partial charge in [-0.1, -0.05) is 0 Å². The number of rotatable bonds is 6. The molecule has 8 heteroatoms. The van der Waals surface area contributed by atoms with E-state index in [2.05, 4.69) is 10.1 Å². The molecule has 0 unspecified atom stereocenters. The molecular formula is C11H12F2N2O4. The SMILES string of the molecule is CCOC(=O)CCNc1cc(F)c(F)cc1[N+](=O)[O-]. The third-order valence-electron chi connectivity index (χ3n) is 2.19. The minimum atomic E-state index is -1.30. The molecule has 1 aromatic rings. The standard InChI is InChI=1S/C11H12F2N2O4/c1-2-19-11(16)3-4-14-9-5-7(12)8(13)6-10(9)15(17)18/h5-6,14H,2-4H2,1H3. The lowest BCUT2D eigenvalue weighted by atomic mass is 10.2. The number of nitro groups is 1. The molecule has 104 valence electrons. The van der Waals surface area contributed by atoms with Crippen LogP contribution in [-0.2, 0) is 9.53 Å². The molecule has 0 atom stereocenters. The van der Waals surface area contributed by atoms with E-state index in [4.69, 9.17) is 0 Å². The monoisotopic (exact) mass is 274 g/mol. The van der Waals surface area contributed by atoms with Gasteiger partial charge in [0, 0.05) is 12.6 Å². The number of nitrogens with one attached hydrogen (secondary N) is 1. The van der Waals surface area contributed by atoms with Crippen molar-refractivity contribution >= 4 is 17.3 Å². The molecule has 0 amide bonds. The third kappa shape index (κ3) is 4.16. The maximum atomic E-state index is 13.0. The maximum Gasteiger partial charge on any atom is 0.307 e. The van der Waals surface area contributed by atoms with E-state index in [1.165, 1.54) is 0 Å². The quantitative estimate of drug-likeness (QED) is 0.488. The molecular weight excluding hydrogens is 262 g/mol. The summed E-state index contributed by atoms with van der Waals surface area (Å²) in [5, 5.41) is 13.2. The van der Waals surface area contributed by atoms with E-state index in [1.54, 1.807) is 6.92 Å². The van der Waals surface area contributed by atoms with Crippen molar-refractivity contribution in [2.75, 3.05) is 18.5 Å². The molecule has 0 fully saturated rings. The molecule has 1 aromatic carbocycles. The highest BCUT2D eigenvalue weighted by Gasteiger charge is 2.18. The molecule has 0 spiro atoms. The van der Waals surface area contributed by atoms with E-state index in [0.717, 1.165) is 0 Å². The predicted octanol–water partition coefficient (Wildman–Crippen LogP) is 2.24. The molecule has 0 radical (unpaired) electrons. The second-order valence-corrected chi connectivity index (χ2v) is 3.52. The Morgan fingerprint density at radius 3 is 2.63 bits per heavy atom. The lowest BCUT2D eigenvalue weighted by Gasteiger charge is -2.07. The van der Waals surface area contributed by atoms with Gasteiger partial charge in [-0.25, -0.2) is 8.78 Å². The largest absolute Gasteiger partial charge is 0.466 e. The van der Waals surface area contributed by atoms with E-state index >= 15 is 0 Å². The molecule has 0 aliphatic carbocycles. The average molecular weight is 274 g/mol. The van der Waals surface area contributed by atoms with Gasteiger partial charge in [-0.2, -0.15) is 0 Å². The Morgan fingerprint density at radius 2 is 2.05 bits per heavy atom. The van der Waals surface area contributed by atoms with Crippen LogP contribution in [0, 0.1) is 21.7 Å². The Hall–Kier alpha value is -2.25. The summed E-state index contributed by atoms with van der Waals surface area (Å²) in [6, 6.07) is 1.17. The first-order valence-corrected chi connectivity index (χ1v) is 5.48. The van der Waals surface area contributed by atoms with Crippen LogP contribution >= 0.6 is 0 Å². The van der Waals surface area contributed by atoms with Gasteiger partial charge in [0.1, 0.15) is 5.69 Å². The van der Waals surface area contributed by atoms with Crippen LogP contribution in [0.5, 0.6) is 0 Å². The molecule has 0 saturated heterocycles. The van der Waals surface area contributed by atoms with Crippen molar-refractivity contribution in [1.29, 1.82) is 0 Å². The molecule has 0 bridgehead atoms. The van der Waals surface area contributed by atoms with Gasteiger partial charge in [0.05, 0.1) is 24.0 Å². The minimum absolute atomic E-state index is 0.0186.